The van der Waals surface area contributed by atoms with Gasteiger partial charge >= 0.3 is 0 Å². The van der Waals surface area contributed by atoms with Crippen molar-refractivity contribution in [3.63, 3.8) is 0 Å². The van der Waals surface area contributed by atoms with Crippen molar-refractivity contribution in [2.75, 3.05) is 18.0 Å². The second-order valence-electron chi connectivity index (χ2n) is 6.42. The maximum absolute atomic E-state index is 13.7. The molecule has 0 spiro atoms. The molecule has 0 saturated carbocycles. The van der Waals surface area contributed by atoms with E-state index in [0.29, 0.717) is 13.1 Å². The van der Waals surface area contributed by atoms with Crippen LogP contribution in [0.15, 0.2) is 42.0 Å². The number of aromatic nitrogens is 2. The van der Waals surface area contributed by atoms with Crippen LogP contribution >= 0.6 is 11.3 Å². The van der Waals surface area contributed by atoms with E-state index in [-0.39, 0.29) is 17.6 Å². The molecule has 4 rings (SSSR count). The quantitative estimate of drug-likeness (QED) is 0.765. The number of carbonyl (C=O) groups is 1. The van der Waals surface area contributed by atoms with Gasteiger partial charge in [-0.2, -0.15) is 0 Å². The van der Waals surface area contributed by atoms with Crippen LogP contribution in [0.4, 0.5) is 10.1 Å². The third-order valence-corrected chi connectivity index (χ3v) is 5.49. The number of amides is 1. The van der Waals surface area contributed by atoms with Gasteiger partial charge in [-0.1, -0.05) is 0 Å². The maximum Gasteiger partial charge on any atom is 0.225 e. The molecule has 1 amide bonds. The number of hydrogen-bond acceptors (Lipinski definition) is 5. The van der Waals surface area contributed by atoms with Gasteiger partial charge in [0.15, 0.2) is 0 Å². The first kappa shape index (κ1) is 16.9. The highest BCUT2D eigenvalue weighted by Crippen LogP contribution is 2.30. The van der Waals surface area contributed by atoms with Crippen LogP contribution in [0.1, 0.15) is 17.8 Å². The summed E-state index contributed by atoms with van der Waals surface area (Å²) in [4.78, 5) is 23.2. The van der Waals surface area contributed by atoms with E-state index in [1.54, 1.807) is 18.5 Å². The summed E-state index contributed by atoms with van der Waals surface area (Å²) in [5.41, 5.74) is 1.70. The van der Waals surface area contributed by atoms with E-state index in [1.165, 1.54) is 23.5 Å². The van der Waals surface area contributed by atoms with E-state index in [0.717, 1.165) is 41.0 Å². The fraction of sp³-hybridized carbons (Fsp3) is 0.316. The average molecular weight is 370 g/mol. The zero-order valence-electron chi connectivity index (χ0n) is 14.2. The Kier molecular flexibility index (Phi) is 4.79. The lowest BCUT2D eigenvalue weighted by Crippen LogP contribution is -2.43. The Morgan fingerprint density at radius 2 is 2.23 bits per heavy atom. The van der Waals surface area contributed by atoms with Crippen LogP contribution in [0.2, 0.25) is 0 Å². The zero-order chi connectivity index (χ0) is 17.9. The summed E-state index contributed by atoms with van der Waals surface area (Å²) < 4.78 is 13.7. The molecule has 1 aliphatic rings. The molecule has 0 radical (unpaired) electrons. The van der Waals surface area contributed by atoms with E-state index in [9.17, 15) is 9.18 Å². The van der Waals surface area contributed by atoms with Gasteiger partial charge in [0.05, 0.1) is 18.0 Å². The molecular weight excluding hydrogens is 351 g/mol. The Bertz CT molecular complexity index is 915. The molecule has 3 heterocycles. The topological polar surface area (TPSA) is 58.1 Å². The van der Waals surface area contributed by atoms with Crippen LogP contribution in [0.25, 0.3) is 10.9 Å². The average Bonchev–Trinajstić information content (AvgIpc) is 3.19. The van der Waals surface area contributed by atoms with Gasteiger partial charge in [0.25, 0.3) is 0 Å². The summed E-state index contributed by atoms with van der Waals surface area (Å²) in [6.45, 7) is 1.95. The van der Waals surface area contributed by atoms with Crippen LogP contribution in [0, 0.1) is 11.7 Å². The van der Waals surface area contributed by atoms with Crippen molar-refractivity contribution in [2.24, 2.45) is 5.92 Å². The van der Waals surface area contributed by atoms with E-state index < -0.39 is 0 Å². The number of hydrogen-bond donors (Lipinski definition) is 1. The monoisotopic (exact) mass is 370 g/mol. The number of halogens is 1. The summed E-state index contributed by atoms with van der Waals surface area (Å²) in [6.07, 6.45) is 5.26. The normalized spacial score (nSPS) is 17.4. The van der Waals surface area contributed by atoms with Crippen molar-refractivity contribution in [2.45, 2.75) is 19.4 Å². The van der Waals surface area contributed by atoms with Crippen LogP contribution < -0.4 is 10.2 Å². The molecule has 1 aliphatic heterocycles. The molecule has 7 heteroatoms. The lowest BCUT2D eigenvalue weighted by atomic mass is 9.96. The summed E-state index contributed by atoms with van der Waals surface area (Å²) >= 11 is 1.53. The molecule has 2 aromatic heterocycles. The second-order valence-corrected chi connectivity index (χ2v) is 7.40. The number of nitrogens with one attached hydrogen (secondary N) is 1. The van der Waals surface area contributed by atoms with Crippen molar-refractivity contribution >= 4 is 33.8 Å². The number of piperidine rings is 1. The number of thiazole rings is 1. The van der Waals surface area contributed by atoms with Gasteiger partial charge in [-0.15, -0.1) is 11.3 Å². The lowest BCUT2D eigenvalue weighted by molar-refractivity contribution is -0.125. The van der Waals surface area contributed by atoms with Crippen molar-refractivity contribution in [1.29, 1.82) is 0 Å². The van der Waals surface area contributed by atoms with Crippen LogP contribution in [-0.4, -0.2) is 29.0 Å². The van der Waals surface area contributed by atoms with E-state index in [2.05, 4.69) is 20.2 Å². The Morgan fingerprint density at radius 3 is 3.08 bits per heavy atom. The molecule has 0 aliphatic carbocycles. The molecule has 26 heavy (non-hydrogen) atoms. The van der Waals surface area contributed by atoms with E-state index in [4.69, 9.17) is 0 Å². The van der Waals surface area contributed by atoms with Crippen molar-refractivity contribution in [1.82, 2.24) is 15.3 Å². The first-order valence-corrected chi connectivity index (χ1v) is 9.54. The number of nitrogens with zero attached hydrogens (tertiary/aromatic N) is 3. The van der Waals surface area contributed by atoms with Crippen molar-refractivity contribution < 1.29 is 9.18 Å². The molecule has 1 saturated heterocycles. The fourth-order valence-corrected chi connectivity index (χ4v) is 3.99. The van der Waals surface area contributed by atoms with E-state index >= 15 is 0 Å². The van der Waals surface area contributed by atoms with Gasteiger partial charge in [-0.3, -0.25) is 9.78 Å². The number of carbonyl (C=O) groups excluding carboxylic acids is 1. The van der Waals surface area contributed by atoms with Gasteiger partial charge in [0.1, 0.15) is 10.8 Å². The summed E-state index contributed by atoms with van der Waals surface area (Å²) in [5.74, 6) is -0.309. The summed E-state index contributed by atoms with van der Waals surface area (Å²) in [7, 11) is 0. The predicted molar refractivity (Wildman–Crippen MR) is 101 cm³/mol. The highest BCUT2D eigenvalue weighted by atomic mass is 32.1. The number of benzene rings is 1. The molecule has 1 N–H and O–H groups in total. The minimum Gasteiger partial charge on any atom is -0.370 e. The summed E-state index contributed by atoms with van der Waals surface area (Å²) in [6, 6.07) is 6.53. The Morgan fingerprint density at radius 1 is 1.31 bits per heavy atom. The predicted octanol–water partition coefficient (Wildman–Crippen LogP) is 3.36. The van der Waals surface area contributed by atoms with Crippen molar-refractivity contribution in [3.05, 3.63) is 52.9 Å². The Hall–Kier alpha value is -2.54. The van der Waals surface area contributed by atoms with E-state index in [1.807, 2.05) is 11.4 Å². The van der Waals surface area contributed by atoms with Gasteiger partial charge in [0, 0.05) is 41.9 Å². The number of fused-ring (bicyclic) bond motifs is 1. The Balaban J connectivity index is 1.50. The zero-order valence-corrected chi connectivity index (χ0v) is 15.0. The third kappa shape index (κ3) is 3.53. The first-order valence-electron chi connectivity index (χ1n) is 8.66. The number of pyridine rings is 1. The SMILES string of the molecule is O=C(NCc1nccs1)C1CCCN(c2ccnc3ccc(F)cc23)C1. The van der Waals surface area contributed by atoms with Gasteiger partial charge < -0.3 is 10.2 Å². The molecule has 1 aromatic carbocycles. The van der Waals surface area contributed by atoms with Crippen LogP contribution in [0.5, 0.6) is 0 Å². The van der Waals surface area contributed by atoms with Gasteiger partial charge in [0.2, 0.25) is 5.91 Å². The van der Waals surface area contributed by atoms with Gasteiger partial charge in [-0.25, -0.2) is 9.37 Å². The standard InChI is InChI=1S/C19H19FN4OS/c20-14-3-4-16-15(10-14)17(5-6-21-16)24-8-1-2-13(12-24)19(25)23-11-18-22-7-9-26-18/h3-7,9-10,13H,1-2,8,11-12H2,(H,23,25). The first-order chi connectivity index (χ1) is 12.7. The molecule has 1 fully saturated rings. The highest BCUT2D eigenvalue weighted by molar-refractivity contribution is 7.09. The molecule has 1 atom stereocenters. The minimum atomic E-state index is -0.276. The van der Waals surface area contributed by atoms with Gasteiger partial charge in [-0.05, 0) is 37.1 Å². The summed E-state index contributed by atoms with van der Waals surface area (Å²) in [5, 5.41) is 6.58. The van der Waals surface area contributed by atoms with Crippen LogP contribution in [-0.2, 0) is 11.3 Å². The molecule has 3 aromatic rings. The Labute approximate surface area is 154 Å². The third-order valence-electron chi connectivity index (χ3n) is 4.71. The molecule has 1 unspecified atom stereocenters. The second kappa shape index (κ2) is 7.37. The maximum atomic E-state index is 13.7. The molecule has 0 bridgehead atoms. The highest BCUT2D eigenvalue weighted by Gasteiger charge is 2.26. The number of anilines is 1. The van der Waals surface area contributed by atoms with Crippen LogP contribution in [0.3, 0.4) is 0 Å². The fourth-order valence-electron chi connectivity index (χ4n) is 3.44. The largest absolute Gasteiger partial charge is 0.370 e. The smallest absolute Gasteiger partial charge is 0.225 e. The molecule has 134 valence electrons. The lowest BCUT2D eigenvalue weighted by Gasteiger charge is -2.34. The number of rotatable bonds is 4. The molecular formula is C19H19FN4OS. The minimum absolute atomic E-state index is 0.0504. The molecule has 5 nitrogen and oxygen atoms in total. The van der Waals surface area contributed by atoms with Crippen molar-refractivity contribution in [3.8, 4) is 0 Å².